The normalized spacial score (nSPS) is 26.6. The van der Waals surface area contributed by atoms with Crippen molar-refractivity contribution in [3.63, 3.8) is 0 Å². The molecule has 2 heterocycles. The summed E-state index contributed by atoms with van der Waals surface area (Å²) in [5, 5.41) is 0.184. The lowest BCUT2D eigenvalue weighted by Gasteiger charge is -2.32. The van der Waals surface area contributed by atoms with Gasteiger partial charge in [0, 0.05) is 31.1 Å². The maximum atomic E-state index is 12.9. The predicted molar refractivity (Wildman–Crippen MR) is 88.1 cm³/mol. The van der Waals surface area contributed by atoms with E-state index in [0.717, 1.165) is 32.1 Å². The summed E-state index contributed by atoms with van der Waals surface area (Å²) in [7, 11) is -3.72. The van der Waals surface area contributed by atoms with Crippen LogP contribution < -0.4 is 0 Å². The Kier molecular flexibility index (Phi) is 4.97. The maximum Gasteiger partial charge on any atom is 0.244 e. The number of Topliss-reactive ketones (excluding diaryl/α,β-unsaturated/α-hetero) is 1. The Hall–Kier alpha value is -0.690. The summed E-state index contributed by atoms with van der Waals surface area (Å²) in [4.78, 5) is 16.1. The van der Waals surface area contributed by atoms with Crippen molar-refractivity contribution in [3.8, 4) is 0 Å². The number of sulfonamides is 1. The number of rotatable bonds is 3. The fraction of sp³-hybridized carbons (Fsp3) is 0.600. The van der Waals surface area contributed by atoms with E-state index in [2.05, 4.69) is 4.98 Å². The Morgan fingerprint density at radius 2 is 1.96 bits per heavy atom. The zero-order valence-corrected chi connectivity index (χ0v) is 14.9. The summed E-state index contributed by atoms with van der Waals surface area (Å²) in [6, 6.07) is 1.08. The van der Waals surface area contributed by atoms with Crippen molar-refractivity contribution in [3.05, 3.63) is 22.4 Å². The molecular formula is C15H18Cl2N2O3S. The molecule has 1 saturated carbocycles. The molecule has 1 aromatic rings. The topological polar surface area (TPSA) is 67.3 Å². The summed E-state index contributed by atoms with van der Waals surface area (Å²) in [6.07, 6.45) is 5.94. The van der Waals surface area contributed by atoms with Gasteiger partial charge in [0.1, 0.15) is 15.8 Å². The smallest absolute Gasteiger partial charge is 0.244 e. The first kappa shape index (κ1) is 17.1. The second kappa shape index (κ2) is 6.67. The molecule has 5 nitrogen and oxygen atoms in total. The van der Waals surface area contributed by atoms with Crippen LogP contribution in [0.2, 0.25) is 10.2 Å². The summed E-state index contributed by atoms with van der Waals surface area (Å²) >= 11 is 11.7. The average Bonchev–Trinajstić information content (AvgIpc) is 3.00. The van der Waals surface area contributed by atoms with Crippen molar-refractivity contribution < 1.29 is 13.2 Å². The number of aromatic nitrogens is 1. The molecule has 0 spiro atoms. The third-order valence-corrected chi connectivity index (χ3v) is 7.27. The molecule has 2 fully saturated rings. The molecule has 0 unspecified atom stereocenters. The molecule has 23 heavy (non-hydrogen) atoms. The maximum absolute atomic E-state index is 12.9. The van der Waals surface area contributed by atoms with Gasteiger partial charge < -0.3 is 0 Å². The van der Waals surface area contributed by atoms with Crippen molar-refractivity contribution in [1.82, 2.24) is 9.29 Å². The van der Waals surface area contributed by atoms with Crippen molar-refractivity contribution in [1.29, 1.82) is 0 Å². The Morgan fingerprint density at radius 1 is 1.17 bits per heavy atom. The number of carbonyl (C=O) groups is 1. The van der Waals surface area contributed by atoms with Gasteiger partial charge in [0.2, 0.25) is 10.0 Å². The first-order valence-corrected chi connectivity index (χ1v) is 9.96. The molecule has 0 radical (unpaired) electrons. The number of hydrogen-bond acceptors (Lipinski definition) is 4. The lowest BCUT2D eigenvalue weighted by molar-refractivity contribution is -0.126. The third kappa shape index (κ3) is 3.27. The molecule has 0 N–H and O–H groups in total. The van der Waals surface area contributed by atoms with Crippen LogP contribution in [-0.4, -0.2) is 36.1 Å². The standard InChI is InChI=1S/C15H18Cl2N2O3S/c16-12-8-10(9-18-15(12)17)23(21,22)19-7-3-5-13(19)11-4-1-2-6-14(11)20/h8-9,11,13H,1-7H2/t11-,13-/m0/s1. The van der Waals surface area contributed by atoms with Crippen LogP contribution >= 0.6 is 23.2 Å². The van der Waals surface area contributed by atoms with Gasteiger partial charge in [0.25, 0.3) is 0 Å². The molecule has 0 amide bonds. The molecule has 2 aliphatic rings. The molecule has 1 saturated heterocycles. The van der Waals surface area contributed by atoms with Gasteiger partial charge in [0.05, 0.1) is 5.02 Å². The number of ketones is 1. The van der Waals surface area contributed by atoms with Gasteiger partial charge in [-0.25, -0.2) is 13.4 Å². The minimum Gasteiger partial charge on any atom is -0.299 e. The van der Waals surface area contributed by atoms with Crippen LogP contribution in [0.1, 0.15) is 38.5 Å². The summed E-state index contributed by atoms with van der Waals surface area (Å²) in [5.41, 5.74) is 0. The number of nitrogens with zero attached hydrogens (tertiary/aromatic N) is 2. The Balaban J connectivity index is 1.91. The molecule has 1 aromatic heterocycles. The van der Waals surface area contributed by atoms with Crippen LogP contribution in [0.5, 0.6) is 0 Å². The summed E-state index contributed by atoms with van der Waals surface area (Å²) < 4.78 is 27.3. The molecule has 0 aromatic carbocycles. The van der Waals surface area contributed by atoms with E-state index in [1.807, 2.05) is 0 Å². The fourth-order valence-electron chi connectivity index (χ4n) is 3.56. The van der Waals surface area contributed by atoms with E-state index in [1.165, 1.54) is 16.6 Å². The first-order valence-electron chi connectivity index (χ1n) is 7.77. The molecule has 8 heteroatoms. The zero-order valence-electron chi connectivity index (χ0n) is 12.5. The first-order chi connectivity index (χ1) is 10.9. The van der Waals surface area contributed by atoms with Crippen LogP contribution in [-0.2, 0) is 14.8 Å². The molecule has 1 aliphatic carbocycles. The Bertz CT molecular complexity index is 723. The highest BCUT2D eigenvalue weighted by Gasteiger charge is 2.42. The molecule has 2 atom stereocenters. The fourth-order valence-corrected chi connectivity index (χ4v) is 5.60. The predicted octanol–water partition coefficient (Wildman–Crippen LogP) is 3.30. The number of carbonyl (C=O) groups excluding carboxylic acids is 1. The summed E-state index contributed by atoms with van der Waals surface area (Å²) in [5.74, 6) is 0.00682. The van der Waals surface area contributed by atoms with Crippen LogP contribution in [0.4, 0.5) is 0 Å². The second-order valence-corrected chi connectivity index (χ2v) is 8.74. The number of halogens is 2. The number of pyridine rings is 1. The van der Waals surface area contributed by atoms with Gasteiger partial charge in [-0.3, -0.25) is 4.79 Å². The molecule has 126 valence electrons. The Labute approximate surface area is 146 Å². The minimum atomic E-state index is -3.72. The molecule has 0 bridgehead atoms. The SMILES string of the molecule is O=C1CCCC[C@H]1[C@@H]1CCCN1S(=O)(=O)c1cnc(Cl)c(Cl)c1. The van der Waals surface area contributed by atoms with Gasteiger partial charge >= 0.3 is 0 Å². The van der Waals surface area contributed by atoms with Crippen molar-refractivity contribution in [2.24, 2.45) is 5.92 Å². The van der Waals surface area contributed by atoms with Crippen LogP contribution in [0.3, 0.4) is 0 Å². The second-order valence-electron chi connectivity index (χ2n) is 6.09. The van der Waals surface area contributed by atoms with Gasteiger partial charge in [-0.1, -0.05) is 29.6 Å². The van der Waals surface area contributed by atoms with Crippen LogP contribution in [0.15, 0.2) is 17.2 Å². The van der Waals surface area contributed by atoms with E-state index in [4.69, 9.17) is 23.2 Å². The lowest BCUT2D eigenvalue weighted by atomic mass is 9.82. The highest BCUT2D eigenvalue weighted by atomic mass is 35.5. The summed E-state index contributed by atoms with van der Waals surface area (Å²) in [6.45, 7) is 0.428. The van der Waals surface area contributed by atoms with Crippen molar-refractivity contribution in [2.75, 3.05) is 6.54 Å². The lowest BCUT2D eigenvalue weighted by Crippen LogP contribution is -2.43. The van der Waals surface area contributed by atoms with Crippen LogP contribution in [0.25, 0.3) is 0 Å². The van der Waals surface area contributed by atoms with E-state index >= 15 is 0 Å². The van der Waals surface area contributed by atoms with E-state index < -0.39 is 10.0 Å². The van der Waals surface area contributed by atoms with E-state index in [1.54, 1.807) is 0 Å². The quantitative estimate of drug-likeness (QED) is 0.758. The number of hydrogen-bond donors (Lipinski definition) is 0. The van der Waals surface area contributed by atoms with Gasteiger partial charge in [-0.05, 0) is 31.7 Å². The van der Waals surface area contributed by atoms with Crippen molar-refractivity contribution in [2.45, 2.75) is 49.5 Å². The van der Waals surface area contributed by atoms with Gasteiger partial charge in [-0.15, -0.1) is 0 Å². The zero-order chi connectivity index (χ0) is 16.6. The third-order valence-electron chi connectivity index (χ3n) is 4.69. The monoisotopic (exact) mass is 376 g/mol. The van der Waals surface area contributed by atoms with Gasteiger partial charge in [0.15, 0.2) is 0 Å². The highest BCUT2D eigenvalue weighted by molar-refractivity contribution is 7.89. The van der Waals surface area contributed by atoms with Gasteiger partial charge in [-0.2, -0.15) is 4.31 Å². The highest BCUT2D eigenvalue weighted by Crippen LogP contribution is 2.36. The molecule has 3 rings (SSSR count). The Morgan fingerprint density at radius 3 is 2.65 bits per heavy atom. The van der Waals surface area contributed by atoms with E-state index in [9.17, 15) is 13.2 Å². The van der Waals surface area contributed by atoms with E-state index in [-0.39, 0.29) is 32.8 Å². The largest absolute Gasteiger partial charge is 0.299 e. The van der Waals surface area contributed by atoms with Crippen molar-refractivity contribution >= 4 is 39.0 Å². The minimum absolute atomic E-state index is 0.0297. The average molecular weight is 377 g/mol. The van der Waals surface area contributed by atoms with E-state index in [0.29, 0.717) is 13.0 Å². The molecular weight excluding hydrogens is 359 g/mol. The molecule has 1 aliphatic heterocycles. The van der Waals surface area contributed by atoms with Crippen LogP contribution in [0, 0.1) is 5.92 Å².